The first-order valence-corrected chi connectivity index (χ1v) is 8.88. The van der Waals surface area contributed by atoms with E-state index in [9.17, 15) is 0 Å². The Balaban J connectivity index is 2.15. The van der Waals surface area contributed by atoms with Gasteiger partial charge >= 0.3 is 0 Å². The molecule has 2 heterocycles. The van der Waals surface area contributed by atoms with Gasteiger partial charge in [0.05, 0.1) is 5.69 Å². The van der Waals surface area contributed by atoms with Crippen LogP contribution in [0.15, 0.2) is 0 Å². The molecule has 1 aliphatic rings. The first kappa shape index (κ1) is 16.7. The van der Waals surface area contributed by atoms with Gasteiger partial charge in [-0.1, -0.05) is 27.7 Å². The predicted molar refractivity (Wildman–Crippen MR) is 92.5 cm³/mol. The minimum absolute atomic E-state index is 0.490. The summed E-state index contributed by atoms with van der Waals surface area (Å²) in [5, 5.41) is 4.74. The summed E-state index contributed by atoms with van der Waals surface area (Å²) in [5.74, 6) is 0.490. The summed E-state index contributed by atoms with van der Waals surface area (Å²) in [7, 11) is 2.21. The number of likely N-dealkylation sites (N-methyl/N-ethyl adjacent to an activating group) is 1. The molecule has 2 rings (SSSR count). The maximum atomic E-state index is 4.96. The highest BCUT2D eigenvalue weighted by molar-refractivity contribution is 7.15. The average molecular weight is 311 g/mol. The molecule has 1 aliphatic heterocycles. The third kappa shape index (κ3) is 4.18. The molecule has 21 heavy (non-hydrogen) atoms. The molecule has 1 fully saturated rings. The second-order valence-corrected chi connectivity index (χ2v) is 7.83. The molecule has 1 saturated heterocycles. The normalized spacial score (nSPS) is 20.8. The molecule has 0 radical (unpaired) electrons. The van der Waals surface area contributed by atoms with Gasteiger partial charge in [-0.15, -0.1) is 11.3 Å². The van der Waals surface area contributed by atoms with Crippen molar-refractivity contribution in [3.63, 3.8) is 0 Å². The largest absolute Gasteiger partial charge is 0.345 e. The van der Waals surface area contributed by atoms with Crippen LogP contribution < -0.4 is 10.2 Å². The fourth-order valence-electron chi connectivity index (χ4n) is 2.58. The number of aromatic nitrogens is 1. The Bertz CT molecular complexity index is 455. The van der Waals surface area contributed by atoms with Crippen LogP contribution >= 0.6 is 11.3 Å². The fourth-order valence-corrected chi connectivity index (χ4v) is 3.78. The smallest absolute Gasteiger partial charge is 0.185 e. The number of hydrogen-bond acceptors (Lipinski definition) is 5. The Hall–Kier alpha value is -0.650. The molecule has 1 aromatic rings. The molecule has 1 atom stereocenters. The molecule has 0 aliphatic carbocycles. The molecule has 1 unspecified atom stereocenters. The van der Waals surface area contributed by atoms with Crippen LogP contribution in [0.3, 0.4) is 0 Å². The van der Waals surface area contributed by atoms with Crippen LogP contribution in [0.1, 0.15) is 51.1 Å². The Labute approximate surface area is 133 Å². The number of hydrogen-bond donors (Lipinski definition) is 1. The second kappa shape index (κ2) is 7.07. The topological polar surface area (TPSA) is 31.4 Å². The van der Waals surface area contributed by atoms with Crippen LogP contribution in [-0.2, 0) is 6.54 Å². The molecule has 0 spiro atoms. The van der Waals surface area contributed by atoms with Crippen LogP contribution in [0.25, 0.3) is 0 Å². The molecule has 120 valence electrons. The van der Waals surface area contributed by atoms with Gasteiger partial charge in [-0.25, -0.2) is 4.98 Å². The summed E-state index contributed by atoms with van der Waals surface area (Å²) in [5.41, 5.74) is 1.27. The van der Waals surface area contributed by atoms with E-state index in [2.05, 4.69) is 56.8 Å². The Morgan fingerprint density at radius 1 is 1.29 bits per heavy atom. The molecular weight excluding hydrogens is 280 g/mol. The zero-order chi connectivity index (χ0) is 15.6. The summed E-state index contributed by atoms with van der Waals surface area (Å²) in [6.07, 6.45) is 0. The van der Waals surface area contributed by atoms with E-state index in [-0.39, 0.29) is 0 Å². The lowest BCUT2D eigenvalue weighted by Gasteiger charge is -2.37. The quantitative estimate of drug-likeness (QED) is 0.906. The molecule has 0 amide bonds. The number of rotatable bonds is 5. The van der Waals surface area contributed by atoms with E-state index in [1.165, 1.54) is 15.7 Å². The minimum Gasteiger partial charge on any atom is -0.345 e. The average Bonchev–Trinajstić information content (AvgIpc) is 2.84. The van der Waals surface area contributed by atoms with Crippen molar-refractivity contribution in [2.45, 2.75) is 59.2 Å². The zero-order valence-corrected chi connectivity index (χ0v) is 15.1. The van der Waals surface area contributed by atoms with E-state index in [1.807, 2.05) is 11.3 Å². The first-order valence-electron chi connectivity index (χ1n) is 8.06. The van der Waals surface area contributed by atoms with Gasteiger partial charge < -0.3 is 15.1 Å². The van der Waals surface area contributed by atoms with E-state index in [0.717, 1.165) is 26.2 Å². The van der Waals surface area contributed by atoms with Crippen LogP contribution in [0.5, 0.6) is 0 Å². The van der Waals surface area contributed by atoms with Crippen molar-refractivity contribution in [1.82, 2.24) is 15.2 Å². The van der Waals surface area contributed by atoms with Gasteiger partial charge in [0.15, 0.2) is 5.13 Å². The van der Waals surface area contributed by atoms with Gasteiger partial charge in [-0.05, 0) is 19.9 Å². The van der Waals surface area contributed by atoms with Gasteiger partial charge in [0.2, 0.25) is 0 Å². The molecule has 0 saturated carbocycles. The van der Waals surface area contributed by atoms with E-state index in [4.69, 9.17) is 4.98 Å². The molecule has 5 heteroatoms. The lowest BCUT2D eigenvalue weighted by Crippen LogP contribution is -2.50. The van der Waals surface area contributed by atoms with E-state index in [1.54, 1.807) is 0 Å². The maximum absolute atomic E-state index is 4.96. The zero-order valence-electron chi connectivity index (χ0n) is 14.3. The van der Waals surface area contributed by atoms with E-state index < -0.39 is 0 Å². The van der Waals surface area contributed by atoms with E-state index in [0.29, 0.717) is 18.0 Å². The Kier molecular flexibility index (Phi) is 5.63. The number of nitrogens with one attached hydrogen (secondary N) is 1. The third-order valence-corrected chi connectivity index (χ3v) is 5.30. The summed E-state index contributed by atoms with van der Waals surface area (Å²) in [6.45, 7) is 15.4. The lowest BCUT2D eigenvalue weighted by molar-refractivity contribution is 0.234. The van der Waals surface area contributed by atoms with Gasteiger partial charge in [0.1, 0.15) is 0 Å². The summed E-state index contributed by atoms with van der Waals surface area (Å²) in [4.78, 5) is 11.2. The van der Waals surface area contributed by atoms with Crippen LogP contribution in [0.4, 0.5) is 5.13 Å². The summed E-state index contributed by atoms with van der Waals surface area (Å²) in [6, 6.07) is 1.11. The first-order chi connectivity index (χ1) is 9.88. The van der Waals surface area contributed by atoms with Gasteiger partial charge in [-0.2, -0.15) is 0 Å². The van der Waals surface area contributed by atoms with Gasteiger partial charge in [0, 0.05) is 43.1 Å². The molecule has 0 aromatic carbocycles. The lowest BCUT2D eigenvalue weighted by atomic mass is 10.1. The second-order valence-electron chi connectivity index (χ2n) is 6.77. The highest BCUT2D eigenvalue weighted by Gasteiger charge is 2.24. The molecular formula is C16H30N4S. The van der Waals surface area contributed by atoms with Crippen molar-refractivity contribution in [3.05, 3.63) is 10.6 Å². The van der Waals surface area contributed by atoms with Crippen LogP contribution in [0.2, 0.25) is 0 Å². The van der Waals surface area contributed by atoms with Crippen molar-refractivity contribution in [1.29, 1.82) is 0 Å². The summed E-state index contributed by atoms with van der Waals surface area (Å²) >= 11 is 1.87. The van der Waals surface area contributed by atoms with Crippen LogP contribution in [0, 0.1) is 0 Å². The molecule has 1 N–H and O–H groups in total. The maximum Gasteiger partial charge on any atom is 0.185 e. The fraction of sp³-hybridized carbons (Fsp3) is 0.812. The molecule has 4 nitrogen and oxygen atoms in total. The third-order valence-electron chi connectivity index (χ3n) is 4.16. The van der Waals surface area contributed by atoms with Crippen molar-refractivity contribution in [2.24, 2.45) is 0 Å². The molecule has 0 bridgehead atoms. The predicted octanol–water partition coefficient (Wildman–Crippen LogP) is 2.90. The summed E-state index contributed by atoms with van der Waals surface area (Å²) < 4.78 is 0. The SMILES string of the molecule is CC(C)NCc1sc(N2CCN(C)C(C)C2)nc1C(C)C. The van der Waals surface area contributed by atoms with Crippen molar-refractivity contribution >= 4 is 16.5 Å². The Morgan fingerprint density at radius 3 is 2.57 bits per heavy atom. The number of nitrogens with zero attached hydrogens (tertiary/aromatic N) is 3. The van der Waals surface area contributed by atoms with Crippen LogP contribution in [-0.4, -0.2) is 48.6 Å². The monoisotopic (exact) mass is 310 g/mol. The molecule has 1 aromatic heterocycles. The van der Waals surface area contributed by atoms with E-state index >= 15 is 0 Å². The number of piperazine rings is 1. The highest BCUT2D eigenvalue weighted by Crippen LogP contribution is 2.31. The van der Waals surface area contributed by atoms with Gasteiger partial charge in [0.25, 0.3) is 0 Å². The minimum atomic E-state index is 0.490. The van der Waals surface area contributed by atoms with Crippen molar-refractivity contribution < 1.29 is 0 Å². The van der Waals surface area contributed by atoms with Crippen molar-refractivity contribution in [2.75, 3.05) is 31.6 Å². The van der Waals surface area contributed by atoms with Gasteiger partial charge in [-0.3, -0.25) is 0 Å². The standard InChI is InChI=1S/C16H30N4S/c1-11(2)15-14(9-17-12(3)4)21-16(18-15)20-8-7-19(6)13(5)10-20/h11-13,17H,7-10H2,1-6H3. The highest BCUT2D eigenvalue weighted by atomic mass is 32.1. The number of thiazole rings is 1. The number of anilines is 1. The Morgan fingerprint density at radius 2 is 2.00 bits per heavy atom. The van der Waals surface area contributed by atoms with Crippen molar-refractivity contribution in [3.8, 4) is 0 Å².